The van der Waals surface area contributed by atoms with Crippen molar-refractivity contribution in [1.82, 2.24) is 14.9 Å². The highest BCUT2D eigenvalue weighted by atomic mass is 32.2. The summed E-state index contributed by atoms with van der Waals surface area (Å²) in [7, 11) is 0. The second kappa shape index (κ2) is 9.40. The van der Waals surface area contributed by atoms with Crippen molar-refractivity contribution in [2.75, 3.05) is 12.3 Å². The van der Waals surface area contributed by atoms with Crippen LogP contribution in [-0.4, -0.2) is 27.8 Å². The number of amides is 1. The molecule has 5 heteroatoms. The van der Waals surface area contributed by atoms with Crippen LogP contribution in [0.5, 0.6) is 0 Å². The van der Waals surface area contributed by atoms with Gasteiger partial charge in [-0.05, 0) is 18.6 Å². The fourth-order valence-corrected chi connectivity index (χ4v) is 3.28. The van der Waals surface area contributed by atoms with E-state index < -0.39 is 0 Å². The lowest BCUT2D eigenvalue weighted by Gasteiger charge is -2.07. The summed E-state index contributed by atoms with van der Waals surface area (Å²) < 4.78 is 2.10. The SMILES string of the molecule is C=CCn1c(SCC(=O)NCCCCCC)nc2ccccc21. The minimum Gasteiger partial charge on any atom is -0.355 e. The van der Waals surface area contributed by atoms with Crippen LogP contribution >= 0.6 is 11.8 Å². The molecule has 2 rings (SSSR count). The lowest BCUT2D eigenvalue weighted by Crippen LogP contribution is -2.26. The summed E-state index contributed by atoms with van der Waals surface area (Å²) in [6.45, 7) is 7.45. The Labute approximate surface area is 142 Å². The van der Waals surface area contributed by atoms with Crippen LogP contribution in [0.15, 0.2) is 42.1 Å². The van der Waals surface area contributed by atoms with Crippen molar-refractivity contribution in [2.45, 2.75) is 44.3 Å². The Balaban J connectivity index is 1.89. The molecule has 0 atom stereocenters. The molecule has 0 radical (unpaired) electrons. The number of imidazole rings is 1. The molecular weight excluding hydrogens is 306 g/mol. The number of unbranched alkanes of at least 4 members (excludes halogenated alkanes) is 3. The zero-order valence-electron chi connectivity index (χ0n) is 13.8. The summed E-state index contributed by atoms with van der Waals surface area (Å²) in [6.07, 6.45) is 6.53. The van der Waals surface area contributed by atoms with Crippen molar-refractivity contribution in [1.29, 1.82) is 0 Å². The average Bonchev–Trinajstić information content (AvgIpc) is 2.91. The van der Waals surface area contributed by atoms with Crippen LogP contribution in [0, 0.1) is 0 Å². The molecule has 4 nitrogen and oxygen atoms in total. The van der Waals surface area contributed by atoms with Gasteiger partial charge < -0.3 is 9.88 Å². The van der Waals surface area contributed by atoms with Crippen LogP contribution in [0.25, 0.3) is 11.0 Å². The number of carbonyl (C=O) groups excluding carboxylic acids is 1. The Hall–Kier alpha value is -1.75. The van der Waals surface area contributed by atoms with E-state index in [4.69, 9.17) is 0 Å². The van der Waals surface area contributed by atoms with Crippen molar-refractivity contribution in [3.05, 3.63) is 36.9 Å². The van der Waals surface area contributed by atoms with Gasteiger partial charge in [0.05, 0.1) is 16.8 Å². The van der Waals surface area contributed by atoms with Gasteiger partial charge in [-0.25, -0.2) is 4.98 Å². The fourth-order valence-electron chi connectivity index (χ4n) is 2.43. The van der Waals surface area contributed by atoms with Gasteiger partial charge in [0.15, 0.2) is 5.16 Å². The van der Waals surface area contributed by atoms with Crippen LogP contribution in [0.2, 0.25) is 0 Å². The largest absolute Gasteiger partial charge is 0.355 e. The number of thioether (sulfide) groups is 1. The fraction of sp³-hybridized carbons (Fsp3) is 0.444. The highest BCUT2D eigenvalue weighted by molar-refractivity contribution is 7.99. The van der Waals surface area contributed by atoms with Gasteiger partial charge in [0.1, 0.15) is 0 Å². The number of carbonyl (C=O) groups is 1. The molecule has 1 amide bonds. The first-order valence-electron chi connectivity index (χ1n) is 8.22. The number of fused-ring (bicyclic) bond motifs is 1. The molecule has 0 aliphatic rings. The first kappa shape index (κ1) is 17.6. The number of rotatable bonds is 10. The van der Waals surface area contributed by atoms with Crippen LogP contribution in [0.4, 0.5) is 0 Å². The molecule has 2 aromatic rings. The Morgan fingerprint density at radius 3 is 2.96 bits per heavy atom. The van der Waals surface area contributed by atoms with Crippen LogP contribution in [0.1, 0.15) is 32.6 Å². The Bertz CT molecular complexity index is 651. The first-order chi connectivity index (χ1) is 11.3. The quantitative estimate of drug-likeness (QED) is 0.406. The molecule has 1 aromatic carbocycles. The minimum atomic E-state index is 0.0729. The maximum Gasteiger partial charge on any atom is 0.230 e. The number of benzene rings is 1. The summed E-state index contributed by atoms with van der Waals surface area (Å²) >= 11 is 1.48. The van der Waals surface area contributed by atoms with Gasteiger partial charge in [-0.15, -0.1) is 6.58 Å². The third-order valence-corrected chi connectivity index (χ3v) is 4.59. The molecule has 1 N–H and O–H groups in total. The van der Waals surface area contributed by atoms with Gasteiger partial charge in [-0.2, -0.15) is 0 Å². The van der Waals surface area contributed by atoms with E-state index in [-0.39, 0.29) is 5.91 Å². The summed E-state index contributed by atoms with van der Waals surface area (Å²) in [6, 6.07) is 8.02. The zero-order valence-corrected chi connectivity index (χ0v) is 14.6. The number of para-hydroxylation sites is 2. The van der Waals surface area contributed by atoms with Gasteiger partial charge >= 0.3 is 0 Å². The van der Waals surface area contributed by atoms with E-state index in [0.717, 1.165) is 29.2 Å². The topological polar surface area (TPSA) is 46.9 Å². The maximum absolute atomic E-state index is 11.9. The number of hydrogen-bond acceptors (Lipinski definition) is 3. The number of nitrogens with zero attached hydrogens (tertiary/aromatic N) is 2. The maximum atomic E-state index is 11.9. The van der Waals surface area contributed by atoms with Crippen LogP contribution < -0.4 is 5.32 Å². The third-order valence-electron chi connectivity index (χ3n) is 3.62. The summed E-state index contributed by atoms with van der Waals surface area (Å²) in [4.78, 5) is 16.6. The molecule has 124 valence electrons. The van der Waals surface area contributed by atoms with Crippen molar-refractivity contribution in [2.24, 2.45) is 0 Å². The molecule has 1 aromatic heterocycles. The first-order valence-corrected chi connectivity index (χ1v) is 9.20. The number of nitrogens with one attached hydrogen (secondary N) is 1. The molecule has 1 heterocycles. The van der Waals surface area contributed by atoms with Gasteiger partial charge in [-0.3, -0.25) is 4.79 Å². The second-order valence-corrected chi connectivity index (χ2v) is 6.42. The van der Waals surface area contributed by atoms with Crippen LogP contribution in [0.3, 0.4) is 0 Å². The lowest BCUT2D eigenvalue weighted by molar-refractivity contribution is -0.118. The third kappa shape index (κ3) is 5.13. The molecule has 0 fully saturated rings. The monoisotopic (exact) mass is 331 g/mol. The minimum absolute atomic E-state index is 0.0729. The zero-order chi connectivity index (χ0) is 16.5. The Morgan fingerprint density at radius 2 is 2.17 bits per heavy atom. The number of allylic oxidation sites excluding steroid dienone is 1. The smallest absolute Gasteiger partial charge is 0.230 e. The Morgan fingerprint density at radius 1 is 1.35 bits per heavy atom. The predicted octanol–water partition coefficient (Wildman–Crippen LogP) is 4.01. The van der Waals surface area contributed by atoms with Gasteiger partial charge in [0.2, 0.25) is 5.91 Å². The predicted molar refractivity (Wildman–Crippen MR) is 97.8 cm³/mol. The van der Waals surface area contributed by atoms with Gasteiger partial charge in [0, 0.05) is 13.1 Å². The van der Waals surface area contributed by atoms with Crippen molar-refractivity contribution in [3.63, 3.8) is 0 Å². The lowest BCUT2D eigenvalue weighted by atomic mass is 10.2. The summed E-state index contributed by atoms with van der Waals surface area (Å²) in [5, 5.41) is 3.85. The highest BCUT2D eigenvalue weighted by Crippen LogP contribution is 2.23. The van der Waals surface area contributed by atoms with E-state index in [1.165, 1.54) is 31.0 Å². The molecule has 0 aliphatic carbocycles. The molecule has 0 bridgehead atoms. The second-order valence-electron chi connectivity index (χ2n) is 5.48. The molecular formula is C18H25N3OS. The van der Waals surface area contributed by atoms with Gasteiger partial charge in [-0.1, -0.05) is 56.2 Å². The summed E-state index contributed by atoms with van der Waals surface area (Å²) in [5.41, 5.74) is 2.03. The van der Waals surface area contributed by atoms with Crippen molar-refractivity contribution >= 4 is 28.7 Å². The van der Waals surface area contributed by atoms with E-state index in [2.05, 4.69) is 28.4 Å². The summed E-state index contributed by atoms with van der Waals surface area (Å²) in [5.74, 6) is 0.470. The molecule has 0 saturated heterocycles. The van der Waals surface area contributed by atoms with Crippen molar-refractivity contribution < 1.29 is 4.79 Å². The Kier molecular flexibility index (Phi) is 7.20. The molecule has 0 spiro atoms. The van der Waals surface area contributed by atoms with E-state index >= 15 is 0 Å². The number of aromatic nitrogens is 2. The van der Waals surface area contributed by atoms with Crippen LogP contribution in [-0.2, 0) is 11.3 Å². The average molecular weight is 331 g/mol. The highest BCUT2D eigenvalue weighted by Gasteiger charge is 2.11. The standard InChI is InChI=1S/C18H25N3OS/c1-3-5-6-9-12-19-17(22)14-23-18-20-15-10-7-8-11-16(15)21(18)13-4-2/h4,7-8,10-11H,2-3,5-6,9,12-14H2,1H3,(H,19,22). The van der Waals surface area contributed by atoms with E-state index in [0.29, 0.717) is 12.3 Å². The molecule has 0 saturated carbocycles. The van der Waals surface area contributed by atoms with E-state index in [1.54, 1.807) is 0 Å². The molecule has 0 aliphatic heterocycles. The van der Waals surface area contributed by atoms with E-state index in [1.807, 2.05) is 30.3 Å². The van der Waals surface area contributed by atoms with Crippen molar-refractivity contribution in [3.8, 4) is 0 Å². The van der Waals surface area contributed by atoms with Gasteiger partial charge in [0.25, 0.3) is 0 Å². The molecule has 23 heavy (non-hydrogen) atoms. The number of hydrogen-bond donors (Lipinski definition) is 1. The normalized spacial score (nSPS) is 10.8. The molecule has 0 unspecified atom stereocenters. The van der Waals surface area contributed by atoms with E-state index in [9.17, 15) is 4.79 Å².